The van der Waals surface area contributed by atoms with Crippen LogP contribution < -0.4 is 10.9 Å². The Labute approximate surface area is 182 Å². The van der Waals surface area contributed by atoms with Crippen LogP contribution in [0.1, 0.15) is 18.1 Å². The lowest BCUT2D eigenvalue weighted by Gasteiger charge is -2.13. The normalized spacial score (nSPS) is 12.1. The summed E-state index contributed by atoms with van der Waals surface area (Å²) in [4.78, 5) is 33.5. The number of nitrogens with one attached hydrogen (secondary N) is 2. The van der Waals surface area contributed by atoms with Gasteiger partial charge in [0.2, 0.25) is 5.91 Å². The molecule has 1 atom stereocenters. The third kappa shape index (κ3) is 4.17. The van der Waals surface area contributed by atoms with Crippen molar-refractivity contribution in [2.45, 2.75) is 31.2 Å². The van der Waals surface area contributed by atoms with Crippen LogP contribution in [0.4, 0.5) is 5.69 Å². The highest BCUT2D eigenvalue weighted by Gasteiger charge is 2.19. The van der Waals surface area contributed by atoms with Crippen LogP contribution in [0.3, 0.4) is 0 Å². The molecular weight excluding hydrogens is 414 g/mol. The van der Waals surface area contributed by atoms with Crippen molar-refractivity contribution in [1.29, 1.82) is 0 Å². The first-order chi connectivity index (χ1) is 14.4. The van der Waals surface area contributed by atoms with Gasteiger partial charge >= 0.3 is 0 Å². The van der Waals surface area contributed by atoms with Gasteiger partial charge in [0.25, 0.3) is 5.56 Å². The molecular formula is C23H21N3O2S2. The van der Waals surface area contributed by atoms with Crippen LogP contribution in [0, 0.1) is 13.8 Å². The van der Waals surface area contributed by atoms with Crippen molar-refractivity contribution in [1.82, 2.24) is 9.97 Å². The number of hydrogen-bond donors (Lipinski definition) is 2. The average molecular weight is 436 g/mol. The summed E-state index contributed by atoms with van der Waals surface area (Å²) in [6, 6.07) is 15.7. The number of hydrogen-bond acceptors (Lipinski definition) is 5. The highest BCUT2D eigenvalue weighted by Crippen LogP contribution is 2.32. The standard InChI is InChI=1S/C23H21N3O2S2/c1-13-9-10-14(2)18(11-13)24-20(27)15(3)30-23-25-21(28)19-17(12-29-22(19)26-23)16-7-5-4-6-8-16/h4-12,15H,1-3H3,(H,24,27)(H,25,26,28). The number of nitrogens with zero attached hydrogens (tertiary/aromatic N) is 1. The molecule has 4 rings (SSSR count). The quantitative estimate of drug-likeness (QED) is 0.326. The van der Waals surface area contributed by atoms with Crippen LogP contribution in [0.25, 0.3) is 21.3 Å². The second-order valence-corrected chi connectivity index (χ2v) is 9.32. The summed E-state index contributed by atoms with van der Waals surface area (Å²) in [5, 5.41) is 5.53. The van der Waals surface area contributed by atoms with Gasteiger partial charge in [-0.3, -0.25) is 9.59 Å². The Morgan fingerprint density at radius 2 is 1.93 bits per heavy atom. The minimum Gasteiger partial charge on any atom is -0.325 e. The van der Waals surface area contributed by atoms with Crippen LogP contribution in [0.15, 0.2) is 63.9 Å². The van der Waals surface area contributed by atoms with Gasteiger partial charge in [-0.1, -0.05) is 54.2 Å². The van der Waals surface area contributed by atoms with Crippen LogP contribution in [0.5, 0.6) is 0 Å². The zero-order valence-corrected chi connectivity index (χ0v) is 18.5. The van der Waals surface area contributed by atoms with E-state index in [-0.39, 0.29) is 11.5 Å². The van der Waals surface area contributed by atoms with Crippen LogP contribution in [-0.4, -0.2) is 21.1 Å². The maximum Gasteiger partial charge on any atom is 0.260 e. The van der Waals surface area contributed by atoms with E-state index in [2.05, 4.69) is 15.3 Å². The van der Waals surface area contributed by atoms with E-state index >= 15 is 0 Å². The van der Waals surface area contributed by atoms with Crippen LogP contribution in [-0.2, 0) is 4.79 Å². The molecule has 7 heteroatoms. The van der Waals surface area contributed by atoms with Crippen molar-refractivity contribution >= 4 is 44.9 Å². The lowest BCUT2D eigenvalue weighted by Crippen LogP contribution is -2.23. The molecule has 0 aliphatic carbocycles. The van der Waals surface area contributed by atoms with Crippen molar-refractivity contribution in [3.63, 3.8) is 0 Å². The highest BCUT2D eigenvalue weighted by atomic mass is 32.2. The molecule has 0 saturated heterocycles. The Hall–Kier alpha value is -2.90. The van der Waals surface area contributed by atoms with Crippen molar-refractivity contribution in [3.05, 3.63) is 75.4 Å². The Morgan fingerprint density at radius 3 is 2.70 bits per heavy atom. The fourth-order valence-corrected chi connectivity index (χ4v) is 4.94. The molecule has 2 aromatic heterocycles. The molecule has 0 aliphatic heterocycles. The molecule has 0 spiro atoms. The van der Waals surface area contributed by atoms with E-state index in [0.29, 0.717) is 15.4 Å². The summed E-state index contributed by atoms with van der Waals surface area (Å²) >= 11 is 2.68. The fourth-order valence-electron chi connectivity index (χ4n) is 3.14. The molecule has 152 valence electrons. The second-order valence-electron chi connectivity index (χ2n) is 7.13. The number of thioether (sulfide) groups is 1. The van der Waals surface area contributed by atoms with E-state index in [4.69, 9.17) is 0 Å². The number of benzene rings is 2. The molecule has 0 bridgehead atoms. The van der Waals surface area contributed by atoms with E-state index < -0.39 is 5.25 Å². The van der Waals surface area contributed by atoms with E-state index in [1.54, 1.807) is 6.92 Å². The van der Waals surface area contributed by atoms with Crippen molar-refractivity contribution in [3.8, 4) is 11.1 Å². The van der Waals surface area contributed by atoms with Gasteiger partial charge in [0, 0.05) is 16.6 Å². The fraction of sp³-hybridized carbons (Fsp3) is 0.174. The summed E-state index contributed by atoms with van der Waals surface area (Å²) in [6.07, 6.45) is 0. The average Bonchev–Trinajstić information content (AvgIpc) is 3.16. The molecule has 0 saturated carbocycles. The molecule has 2 aromatic carbocycles. The Morgan fingerprint density at radius 1 is 1.17 bits per heavy atom. The van der Waals surface area contributed by atoms with Gasteiger partial charge < -0.3 is 10.3 Å². The number of fused-ring (bicyclic) bond motifs is 1. The third-order valence-electron chi connectivity index (χ3n) is 4.82. The largest absolute Gasteiger partial charge is 0.325 e. The Bertz CT molecular complexity index is 1280. The van der Waals surface area contributed by atoms with E-state index in [1.165, 1.54) is 23.1 Å². The molecule has 1 amide bonds. The van der Waals surface area contributed by atoms with Gasteiger partial charge in [0.05, 0.1) is 10.6 Å². The van der Waals surface area contributed by atoms with Gasteiger partial charge in [-0.25, -0.2) is 4.98 Å². The molecule has 0 aliphatic rings. The first-order valence-electron chi connectivity index (χ1n) is 9.54. The van der Waals surface area contributed by atoms with Gasteiger partial charge in [-0.05, 0) is 43.5 Å². The van der Waals surface area contributed by atoms with Gasteiger partial charge in [-0.15, -0.1) is 11.3 Å². The van der Waals surface area contributed by atoms with Gasteiger partial charge in [-0.2, -0.15) is 0 Å². The maximum absolute atomic E-state index is 12.8. The number of anilines is 1. The number of carbonyl (C=O) groups excluding carboxylic acids is 1. The number of carbonyl (C=O) groups is 1. The number of H-pyrrole nitrogens is 1. The predicted octanol–water partition coefficient (Wildman–Crippen LogP) is 5.39. The molecule has 2 N–H and O–H groups in total. The molecule has 1 unspecified atom stereocenters. The zero-order chi connectivity index (χ0) is 21.3. The maximum atomic E-state index is 12.8. The second kappa shape index (κ2) is 8.45. The van der Waals surface area contributed by atoms with Crippen molar-refractivity contribution in [2.75, 3.05) is 5.32 Å². The molecule has 5 nitrogen and oxygen atoms in total. The highest BCUT2D eigenvalue weighted by molar-refractivity contribution is 8.00. The minimum atomic E-state index is -0.418. The van der Waals surface area contributed by atoms with E-state index in [1.807, 2.05) is 67.8 Å². The molecule has 2 heterocycles. The molecule has 30 heavy (non-hydrogen) atoms. The SMILES string of the molecule is Cc1ccc(C)c(NC(=O)C(C)Sc2nc3scc(-c4ccccc4)c3c(=O)[nH]2)c1. The Kier molecular flexibility index (Phi) is 5.74. The lowest BCUT2D eigenvalue weighted by molar-refractivity contribution is -0.115. The monoisotopic (exact) mass is 435 g/mol. The smallest absolute Gasteiger partial charge is 0.260 e. The number of amides is 1. The minimum absolute atomic E-state index is 0.132. The predicted molar refractivity (Wildman–Crippen MR) is 126 cm³/mol. The number of thiophene rings is 1. The van der Waals surface area contributed by atoms with Crippen LogP contribution >= 0.6 is 23.1 Å². The van der Waals surface area contributed by atoms with E-state index in [0.717, 1.165) is 27.9 Å². The van der Waals surface area contributed by atoms with Gasteiger partial charge in [0.1, 0.15) is 4.83 Å². The lowest BCUT2D eigenvalue weighted by atomic mass is 10.1. The zero-order valence-electron chi connectivity index (χ0n) is 16.9. The summed E-state index contributed by atoms with van der Waals surface area (Å²) < 4.78 is 0. The van der Waals surface area contributed by atoms with Gasteiger partial charge in [0.15, 0.2) is 5.16 Å². The van der Waals surface area contributed by atoms with Crippen molar-refractivity contribution in [2.24, 2.45) is 0 Å². The van der Waals surface area contributed by atoms with Crippen molar-refractivity contribution < 1.29 is 4.79 Å². The van der Waals surface area contributed by atoms with E-state index in [9.17, 15) is 9.59 Å². The van der Waals surface area contributed by atoms with Crippen LogP contribution in [0.2, 0.25) is 0 Å². The molecule has 0 fully saturated rings. The first-order valence-corrected chi connectivity index (χ1v) is 11.3. The number of aromatic amines is 1. The first kappa shape index (κ1) is 20.4. The number of aryl methyl sites for hydroxylation is 2. The summed E-state index contributed by atoms with van der Waals surface area (Å²) in [5.41, 5.74) is 4.56. The summed E-state index contributed by atoms with van der Waals surface area (Å²) in [6.45, 7) is 5.75. The Balaban J connectivity index is 1.56. The number of rotatable bonds is 5. The number of aromatic nitrogens is 2. The summed E-state index contributed by atoms with van der Waals surface area (Å²) in [5.74, 6) is -0.132. The molecule has 4 aromatic rings. The molecule has 0 radical (unpaired) electrons. The third-order valence-corrected chi connectivity index (χ3v) is 6.67. The topological polar surface area (TPSA) is 74.8 Å². The summed E-state index contributed by atoms with van der Waals surface area (Å²) in [7, 11) is 0.